The summed E-state index contributed by atoms with van der Waals surface area (Å²) in [5.74, 6) is 0. The smallest absolute Gasteiger partial charge is 0.0591 e. The van der Waals surface area contributed by atoms with E-state index in [4.69, 9.17) is 0 Å². The molecule has 376 valence electrons. The minimum Gasteiger partial charge on any atom is -0.390 e. The third-order valence-electron chi connectivity index (χ3n) is 12.2. The molecule has 0 heterocycles. The van der Waals surface area contributed by atoms with Crippen molar-refractivity contribution in [2.24, 2.45) is 5.41 Å². The number of hydrogen-bond donors (Lipinski definition) is 1. The Hall–Kier alpha value is -4.20. The van der Waals surface area contributed by atoms with Gasteiger partial charge in [0.25, 0.3) is 0 Å². The number of hydrogen-bond acceptors (Lipinski definition) is 1. The number of fused-ring (bicyclic) bond motifs is 2. The monoisotopic (exact) mass is 923 g/mol. The first kappa shape index (κ1) is 61.8. The third kappa shape index (κ3) is 31.0. The van der Waals surface area contributed by atoms with Gasteiger partial charge in [0.1, 0.15) is 0 Å². The summed E-state index contributed by atoms with van der Waals surface area (Å²) in [6.07, 6.45) is 29.5. The third-order valence-corrected chi connectivity index (χ3v) is 12.2. The fourth-order valence-corrected chi connectivity index (χ4v) is 8.36. The van der Waals surface area contributed by atoms with Crippen molar-refractivity contribution in [3.63, 3.8) is 0 Å². The van der Waals surface area contributed by atoms with Crippen molar-refractivity contribution in [2.45, 2.75) is 223 Å². The van der Waals surface area contributed by atoms with Gasteiger partial charge in [0.2, 0.25) is 0 Å². The van der Waals surface area contributed by atoms with E-state index in [1.807, 2.05) is 41.5 Å². The van der Waals surface area contributed by atoms with Crippen molar-refractivity contribution in [1.29, 1.82) is 0 Å². The molecule has 68 heavy (non-hydrogen) atoms. The molecule has 0 spiro atoms. The Bertz CT molecular complexity index is 1850. The average molecular weight is 924 g/mol. The molecular formula is C67H102O. The Balaban J connectivity index is 0.000000443. The predicted molar refractivity (Wildman–Crippen MR) is 309 cm³/mol. The molecule has 0 bridgehead atoms. The molecule has 6 rings (SSSR count). The lowest BCUT2D eigenvalue weighted by atomic mass is 9.89. The van der Waals surface area contributed by atoms with Gasteiger partial charge in [0.05, 0.1) is 5.60 Å². The topological polar surface area (TPSA) is 20.2 Å². The molecular weight excluding hydrogens is 821 g/mol. The standard InChI is InChI=1S/2C17H14.C15H32.C14H30O.2C2H6/c2*1-2-7-14(8-3-1)13-16-11-6-10-15-9-4-5-12-17(15)16;1-5-6-7-8-9-10-11-12-13-14-15(2,3)4;1-4-5-6-7-8-9-10-11-12-13-14(2,3)15;2*1-2/h2*1-12H,13H2;5-14H2,1-4H3;15H,4-13H2,1-3H3;2*1-2H3. The zero-order chi connectivity index (χ0) is 50.1. The fraction of sp³-hybridized carbons (Fsp3) is 0.522. The lowest BCUT2D eigenvalue weighted by Crippen LogP contribution is -2.17. The minimum absolute atomic E-state index is 0.457. The largest absolute Gasteiger partial charge is 0.390 e. The summed E-state index contributed by atoms with van der Waals surface area (Å²) in [6.45, 7) is 23.4. The second-order valence-corrected chi connectivity index (χ2v) is 20.1. The van der Waals surface area contributed by atoms with Gasteiger partial charge in [-0.2, -0.15) is 0 Å². The van der Waals surface area contributed by atoms with Crippen molar-refractivity contribution >= 4 is 21.5 Å². The molecule has 0 aromatic heterocycles. The first-order chi connectivity index (χ1) is 33.0. The van der Waals surface area contributed by atoms with Gasteiger partial charge in [-0.25, -0.2) is 0 Å². The van der Waals surface area contributed by atoms with Crippen LogP contribution < -0.4 is 0 Å². The fourth-order valence-electron chi connectivity index (χ4n) is 8.36. The molecule has 0 aliphatic rings. The summed E-state index contributed by atoms with van der Waals surface area (Å²) in [5, 5.41) is 14.9. The maximum Gasteiger partial charge on any atom is 0.0591 e. The van der Waals surface area contributed by atoms with Gasteiger partial charge in [-0.15, -0.1) is 0 Å². The molecule has 1 nitrogen and oxygen atoms in total. The van der Waals surface area contributed by atoms with E-state index in [-0.39, 0.29) is 0 Å². The van der Waals surface area contributed by atoms with E-state index in [0.717, 1.165) is 19.3 Å². The van der Waals surface area contributed by atoms with Gasteiger partial charge in [-0.1, -0.05) is 323 Å². The van der Waals surface area contributed by atoms with Crippen LogP contribution in [0.5, 0.6) is 0 Å². The minimum atomic E-state index is -0.457. The van der Waals surface area contributed by atoms with Crippen LogP contribution in [-0.2, 0) is 12.8 Å². The van der Waals surface area contributed by atoms with Gasteiger partial charge in [-0.3, -0.25) is 0 Å². The summed E-state index contributed by atoms with van der Waals surface area (Å²) in [7, 11) is 0. The first-order valence-electron chi connectivity index (χ1n) is 27.7. The van der Waals surface area contributed by atoms with Crippen LogP contribution in [0.4, 0.5) is 0 Å². The van der Waals surface area contributed by atoms with Crippen LogP contribution in [0.2, 0.25) is 0 Å². The van der Waals surface area contributed by atoms with Crippen LogP contribution in [0.15, 0.2) is 146 Å². The molecule has 6 aromatic carbocycles. The van der Waals surface area contributed by atoms with Crippen LogP contribution in [0, 0.1) is 5.41 Å². The molecule has 0 atom stereocenters. The molecule has 0 aliphatic carbocycles. The van der Waals surface area contributed by atoms with Gasteiger partial charge < -0.3 is 5.11 Å². The summed E-state index contributed by atoms with van der Waals surface area (Å²) >= 11 is 0. The first-order valence-corrected chi connectivity index (χ1v) is 27.7. The number of unbranched alkanes of at least 4 members (excludes halogenated alkanes) is 16. The van der Waals surface area contributed by atoms with E-state index in [1.165, 1.54) is 166 Å². The molecule has 1 heteroatoms. The molecule has 6 aromatic rings. The zero-order valence-corrected chi connectivity index (χ0v) is 45.9. The van der Waals surface area contributed by atoms with Crippen molar-refractivity contribution in [3.05, 3.63) is 168 Å². The summed E-state index contributed by atoms with van der Waals surface area (Å²) < 4.78 is 0. The Morgan fingerprint density at radius 2 is 0.618 bits per heavy atom. The highest BCUT2D eigenvalue weighted by Crippen LogP contribution is 2.24. The van der Waals surface area contributed by atoms with Crippen LogP contribution in [-0.4, -0.2) is 10.7 Å². The van der Waals surface area contributed by atoms with Crippen LogP contribution >= 0.6 is 0 Å². The molecule has 0 saturated carbocycles. The van der Waals surface area contributed by atoms with Crippen LogP contribution in [0.1, 0.15) is 227 Å². The molecule has 0 aliphatic heterocycles. The molecule has 0 fully saturated rings. The van der Waals surface area contributed by atoms with Crippen LogP contribution in [0.3, 0.4) is 0 Å². The van der Waals surface area contributed by atoms with E-state index in [9.17, 15) is 5.11 Å². The number of aliphatic hydroxyl groups is 1. The van der Waals surface area contributed by atoms with Crippen molar-refractivity contribution < 1.29 is 5.11 Å². The highest BCUT2D eigenvalue weighted by molar-refractivity contribution is 5.86. The van der Waals surface area contributed by atoms with Gasteiger partial charge in [-0.05, 0) is 88.7 Å². The van der Waals surface area contributed by atoms with Gasteiger partial charge in [0, 0.05) is 0 Å². The Kier molecular flexibility index (Phi) is 36.0. The summed E-state index contributed by atoms with van der Waals surface area (Å²) in [5.41, 5.74) is 5.61. The Labute approximate surface area is 421 Å². The summed E-state index contributed by atoms with van der Waals surface area (Å²) in [6, 6.07) is 51.4. The Morgan fingerprint density at radius 3 is 0.956 bits per heavy atom. The number of rotatable bonds is 23. The van der Waals surface area contributed by atoms with Gasteiger partial charge in [0.15, 0.2) is 0 Å². The second-order valence-electron chi connectivity index (χ2n) is 20.1. The predicted octanol–water partition coefficient (Wildman–Crippen LogP) is 21.5. The average Bonchev–Trinajstić information content (AvgIpc) is 3.35. The molecule has 0 saturated heterocycles. The molecule has 0 radical (unpaired) electrons. The zero-order valence-electron chi connectivity index (χ0n) is 45.9. The van der Waals surface area contributed by atoms with E-state index >= 15 is 0 Å². The van der Waals surface area contributed by atoms with E-state index in [1.54, 1.807) is 0 Å². The Morgan fingerprint density at radius 1 is 0.324 bits per heavy atom. The lowest BCUT2D eigenvalue weighted by molar-refractivity contribution is 0.0680. The highest BCUT2D eigenvalue weighted by Gasteiger charge is 2.11. The molecule has 0 amide bonds. The maximum absolute atomic E-state index is 9.52. The van der Waals surface area contributed by atoms with Crippen molar-refractivity contribution in [1.82, 2.24) is 0 Å². The SMILES string of the molecule is CC.CC.CCCCCCCCCCCC(C)(C)C.CCCCCCCCCCCC(C)(C)O.c1ccc(Cc2cccc3ccccc23)cc1.c1ccc(Cc2cccc3ccccc23)cc1. The van der Waals surface area contributed by atoms with Crippen molar-refractivity contribution in [3.8, 4) is 0 Å². The van der Waals surface area contributed by atoms with E-state index < -0.39 is 5.60 Å². The quantitative estimate of drug-likeness (QED) is 0.0635. The normalized spacial score (nSPS) is 10.8. The maximum atomic E-state index is 9.52. The number of benzene rings is 6. The lowest BCUT2D eigenvalue weighted by Gasteiger charge is -2.17. The second kappa shape index (κ2) is 39.6. The summed E-state index contributed by atoms with van der Waals surface area (Å²) in [4.78, 5) is 0. The molecule has 0 unspecified atom stereocenters. The van der Waals surface area contributed by atoms with E-state index in [2.05, 4.69) is 180 Å². The van der Waals surface area contributed by atoms with Crippen molar-refractivity contribution in [2.75, 3.05) is 0 Å². The molecule has 1 N–H and O–H groups in total. The van der Waals surface area contributed by atoms with E-state index in [0.29, 0.717) is 5.41 Å². The highest BCUT2D eigenvalue weighted by atomic mass is 16.3. The van der Waals surface area contributed by atoms with Crippen LogP contribution in [0.25, 0.3) is 21.5 Å². The van der Waals surface area contributed by atoms with Gasteiger partial charge >= 0.3 is 0 Å².